The third-order valence-corrected chi connectivity index (χ3v) is 1.25. The predicted molar refractivity (Wildman–Crippen MR) is 36.6 cm³/mol. The molecule has 0 heterocycles. The molecule has 0 aromatic rings. The van der Waals surface area contributed by atoms with Gasteiger partial charge in [0.15, 0.2) is 0 Å². The molecule has 1 atom stereocenters. The molecule has 1 rings (SSSR count). The number of hydrogen-bond acceptors (Lipinski definition) is 3. The summed E-state index contributed by atoms with van der Waals surface area (Å²) in [5, 5.41) is 19.8. The van der Waals surface area contributed by atoms with Crippen LogP contribution in [0.5, 0.6) is 0 Å². The Labute approximate surface area is 58.6 Å². The lowest BCUT2D eigenvalue weighted by atomic mass is 10.0. The van der Waals surface area contributed by atoms with Gasteiger partial charge in [0.05, 0.1) is 6.07 Å². The SMILES string of the molecule is N#CC1C=CC=CC1=NO. The molecule has 1 aliphatic carbocycles. The van der Waals surface area contributed by atoms with Gasteiger partial charge in [0.2, 0.25) is 0 Å². The lowest BCUT2D eigenvalue weighted by molar-refractivity contribution is 0.317. The highest BCUT2D eigenvalue weighted by atomic mass is 16.4. The minimum Gasteiger partial charge on any atom is -0.411 e. The summed E-state index contributed by atoms with van der Waals surface area (Å²) < 4.78 is 0. The summed E-state index contributed by atoms with van der Waals surface area (Å²) in [5.41, 5.74) is 0.394. The second-order valence-corrected chi connectivity index (χ2v) is 1.88. The largest absolute Gasteiger partial charge is 0.411 e. The molecule has 3 nitrogen and oxygen atoms in total. The molecular weight excluding hydrogens is 128 g/mol. The first kappa shape index (κ1) is 6.56. The maximum Gasteiger partial charge on any atom is 0.110 e. The fourth-order valence-electron chi connectivity index (χ4n) is 0.736. The van der Waals surface area contributed by atoms with Gasteiger partial charge in [0, 0.05) is 0 Å². The van der Waals surface area contributed by atoms with E-state index in [9.17, 15) is 0 Å². The highest BCUT2D eigenvalue weighted by Gasteiger charge is 2.10. The number of nitrogens with zero attached hydrogens (tertiary/aromatic N) is 2. The van der Waals surface area contributed by atoms with Crippen molar-refractivity contribution in [1.82, 2.24) is 0 Å². The van der Waals surface area contributed by atoms with E-state index < -0.39 is 5.92 Å². The summed E-state index contributed by atoms with van der Waals surface area (Å²) in [7, 11) is 0. The molecule has 0 aromatic carbocycles. The van der Waals surface area contributed by atoms with Crippen molar-refractivity contribution >= 4 is 5.71 Å². The van der Waals surface area contributed by atoms with Crippen LogP contribution in [-0.4, -0.2) is 10.9 Å². The lowest BCUT2D eigenvalue weighted by Gasteiger charge is -2.03. The topological polar surface area (TPSA) is 56.4 Å². The molecule has 10 heavy (non-hydrogen) atoms. The zero-order valence-electron chi connectivity index (χ0n) is 5.23. The molecule has 3 heteroatoms. The predicted octanol–water partition coefficient (Wildman–Crippen LogP) is 1.08. The van der Waals surface area contributed by atoms with Crippen molar-refractivity contribution in [3.63, 3.8) is 0 Å². The van der Waals surface area contributed by atoms with E-state index >= 15 is 0 Å². The van der Waals surface area contributed by atoms with Crippen LogP contribution < -0.4 is 0 Å². The Morgan fingerprint density at radius 1 is 1.60 bits per heavy atom. The van der Waals surface area contributed by atoms with E-state index in [4.69, 9.17) is 10.5 Å². The fraction of sp³-hybridized carbons (Fsp3) is 0.143. The fourth-order valence-corrected chi connectivity index (χ4v) is 0.736. The molecule has 1 aliphatic rings. The summed E-state index contributed by atoms with van der Waals surface area (Å²) in [6, 6.07) is 1.98. The zero-order valence-corrected chi connectivity index (χ0v) is 5.23. The Morgan fingerprint density at radius 2 is 2.40 bits per heavy atom. The Balaban J connectivity index is 2.87. The van der Waals surface area contributed by atoms with Gasteiger partial charge < -0.3 is 5.21 Å². The van der Waals surface area contributed by atoms with Gasteiger partial charge >= 0.3 is 0 Å². The van der Waals surface area contributed by atoms with E-state index in [1.165, 1.54) is 0 Å². The molecule has 0 amide bonds. The Kier molecular flexibility index (Phi) is 1.86. The van der Waals surface area contributed by atoms with Crippen molar-refractivity contribution in [2.45, 2.75) is 0 Å². The third-order valence-electron chi connectivity index (χ3n) is 1.25. The van der Waals surface area contributed by atoms with Gasteiger partial charge in [-0.25, -0.2) is 0 Å². The van der Waals surface area contributed by atoms with E-state index in [1.807, 2.05) is 6.07 Å². The molecule has 0 fully saturated rings. The van der Waals surface area contributed by atoms with Crippen LogP contribution >= 0.6 is 0 Å². The first-order valence-electron chi connectivity index (χ1n) is 2.85. The van der Waals surface area contributed by atoms with Crippen molar-refractivity contribution in [2.24, 2.45) is 11.1 Å². The molecule has 1 N–H and O–H groups in total. The van der Waals surface area contributed by atoms with Crippen LogP contribution in [0.3, 0.4) is 0 Å². The Bertz CT molecular complexity index is 245. The van der Waals surface area contributed by atoms with Gasteiger partial charge in [0.1, 0.15) is 11.6 Å². The minimum absolute atomic E-state index is 0.394. The molecule has 0 aliphatic heterocycles. The minimum atomic E-state index is -0.394. The molecule has 50 valence electrons. The number of rotatable bonds is 0. The number of allylic oxidation sites excluding steroid dienone is 4. The second-order valence-electron chi connectivity index (χ2n) is 1.88. The Morgan fingerprint density at radius 3 is 2.90 bits per heavy atom. The number of hydrogen-bond donors (Lipinski definition) is 1. The van der Waals surface area contributed by atoms with Gasteiger partial charge in [-0.15, -0.1) is 0 Å². The van der Waals surface area contributed by atoms with Crippen LogP contribution in [0.15, 0.2) is 29.5 Å². The average molecular weight is 134 g/mol. The molecular formula is C7H6N2O. The summed E-state index contributed by atoms with van der Waals surface area (Å²) >= 11 is 0. The van der Waals surface area contributed by atoms with Crippen LogP contribution in [0.1, 0.15) is 0 Å². The van der Waals surface area contributed by atoms with Crippen LogP contribution in [0.4, 0.5) is 0 Å². The third kappa shape index (κ3) is 1.06. The molecule has 0 bridgehead atoms. The number of nitriles is 1. The smallest absolute Gasteiger partial charge is 0.110 e. The molecule has 0 spiro atoms. The van der Waals surface area contributed by atoms with Gasteiger partial charge in [-0.3, -0.25) is 0 Å². The maximum absolute atomic E-state index is 8.47. The van der Waals surface area contributed by atoms with Crippen LogP contribution in [-0.2, 0) is 0 Å². The van der Waals surface area contributed by atoms with Crippen molar-refractivity contribution in [1.29, 1.82) is 5.26 Å². The average Bonchev–Trinajstić information content (AvgIpc) is 2.04. The van der Waals surface area contributed by atoms with Gasteiger partial charge in [0.25, 0.3) is 0 Å². The standard InChI is InChI=1S/C7H6N2O/c8-5-6-3-1-2-4-7(6)9-10/h1-4,6,10H. The summed E-state index contributed by atoms with van der Waals surface area (Å²) in [6.45, 7) is 0. The summed E-state index contributed by atoms with van der Waals surface area (Å²) in [6.07, 6.45) is 6.76. The summed E-state index contributed by atoms with van der Waals surface area (Å²) in [4.78, 5) is 0. The maximum atomic E-state index is 8.47. The molecule has 1 unspecified atom stereocenters. The van der Waals surface area contributed by atoms with Gasteiger partial charge in [-0.1, -0.05) is 23.4 Å². The molecule has 0 radical (unpaired) electrons. The van der Waals surface area contributed by atoms with E-state index in [1.54, 1.807) is 24.3 Å². The molecule has 0 saturated heterocycles. The van der Waals surface area contributed by atoms with E-state index in [0.29, 0.717) is 5.71 Å². The van der Waals surface area contributed by atoms with Crippen molar-refractivity contribution in [2.75, 3.05) is 0 Å². The summed E-state index contributed by atoms with van der Waals surface area (Å²) in [5.74, 6) is -0.394. The quantitative estimate of drug-likeness (QED) is 0.398. The zero-order chi connectivity index (χ0) is 7.40. The monoisotopic (exact) mass is 134 g/mol. The highest BCUT2D eigenvalue weighted by Crippen LogP contribution is 2.07. The number of oxime groups is 1. The van der Waals surface area contributed by atoms with Crippen LogP contribution in [0.25, 0.3) is 0 Å². The highest BCUT2D eigenvalue weighted by molar-refractivity contribution is 6.00. The van der Waals surface area contributed by atoms with E-state index in [2.05, 4.69) is 5.16 Å². The van der Waals surface area contributed by atoms with Crippen LogP contribution in [0, 0.1) is 17.2 Å². The van der Waals surface area contributed by atoms with E-state index in [-0.39, 0.29) is 0 Å². The van der Waals surface area contributed by atoms with Gasteiger partial charge in [-0.05, 0) is 6.08 Å². The normalized spacial score (nSPS) is 26.7. The van der Waals surface area contributed by atoms with E-state index in [0.717, 1.165) is 0 Å². The first-order valence-corrected chi connectivity index (χ1v) is 2.85. The van der Waals surface area contributed by atoms with Crippen molar-refractivity contribution in [3.05, 3.63) is 24.3 Å². The van der Waals surface area contributed by atoms with Crippen molar-refractivity contribution in [3.8, 4) is 6.07 Å². The molecule has 0 saturated carbocycles. The first-order chi connectivity index (χ1) is 4.88. The van der Waals surface area contributed by atoms with Crippen molar-refractivity contribution < 1.29 is 5.21 Å². The molecule has 0 aromatic heterocycles. The van der Waals surface area contributed by atoms with Gasteiger partial charge in [-0.2, -0.15) is 5.26 Å². The lowest BCUT2D eigenvalue weighted by Crippen LogP contribution is -2.09. The van der Waals surface area contributed by atoms with Crippen LogP contribution in [0.2, 0.25) is 0 Å². The second kappa shape index (κ2) is 2.83. The Hall–Kier alpha value is -1.56.